The molecule has 0 heterocycles. The Morgan fingerprint density at radius 3 is 2.84 bits per heavy atom. The number of benzene rings is 1. The second-order valence-corrected chi connectivity index (χ2v) is 4.61. The summed E-state index contributed by atoms with van der Waals surface area (Å²) in [5, 5.41) is 10.5. The smallest absolute Gasteiger partial charge is 0.316 e. The van der Waals surface area contributed by atoms with Crippen molar-refractivity contribution in [3.05, 3.63) is 39.4 Å². The van der Waals surface area contributed by atoms with Gasteiger partial charge in [0.25, 0.3) is 0 Å². The van der Waals surface area contributed by atoms with Crippen molar-refractivity contribution in [1.82, 2.24) is 0 Å². The molecule has 1 aliphatic carbocycles. The molecule has 19 heavy (non-hydrogen) atoms. The van der Waals surface area contributed by atoms with Gasteiger partial charge in [0.1, 0.15) is 18.3 Å². The molecule has 0 radical (unpaired) electrons. The first-order valence-corrected chi connectivity index (χ1v) is 5.96. The molecule has 0 spiro atoms. The lowest BCUT2D eigenvalue weighted by Gasteiger charge is -2.08. The van der Waals surface area contributed by atoms with Crippen LogP contribution in [0.1, 0.15) is 17.5 Å². The predicted molar refractivity (Wildman–Crippen MR) is 66.4 cm³/mol. The summed E-state index contributed by atoms with van der Waals surface area (Å²) in [6.45, 7) is 2.02. The van der Waals surface area contributed by atoms with Crippen LogP contribution < -0.4 is 4.74 Å². The summed E-state index contributed by atoms with van der Waals surface area (Å²) in [6, 6.07) is 4.74. The highest BCUT2D eigenvalue weighted by Crippen LogP contribution is 2.34. The summed E-state index contributed by atoms with van der Waals surface area (Å²) >= 11 is 0. The molecule has 2 rings (SSSR count). The van der Waals surface area contributed by atoms with Gasteiger partial charge in [-0.05, 0) is 24.1 Å². The summed E-state index contributed by atoms with van der Waals surface area (Å²) < 4.78 is 10.2. The molecule has 1 aromatic rings. The second kappa shape index (κ2) is 5.26. The molecule has 0 bridgehead atoms. The minimum Gasteiger partial charge on any atom is -0.496 e. The first-order chi connectivity index (χ1) is 9.02. The van der Waals surface area contributed by atoms with Crippen LogP contribution in [0.5, 0.6) is 5.75 Å². The Labute approximate surface area is 110 Å². The molecule has 0 saturated heterocycles. The number of esters is 1. The number of rotatable bonds is 5. The highest BCUT2D eigenvalue weighted by molar-refractivity contribution is 5.76. The zero-order valence-electron chi connectivity index (χ0n) is 10.8. The number of carbonyl (C=O) groups excluding carboxylic acids is 1. The molecule has 1 saturated carbocycles. The molecule has 2 atom stereocenters. The number of hydrogen-bond acceptors (Lipinski definition) is 5. The van der Waals surface area contributed by atoms with Crippen LogP contribution >= 0.6 is 0 Å². The van der Waals surface area contributed by atoms with E-state index in [4.69, 9.17) is 9.47 Å². The lowest BCUT2D eigenvalue weighted by Crippen LogP contribution is -2.13. The quantitative estimate of drug-likeness (QED) is 0.460. The maximum atomic E-state index is 11.6. The molecule has 102 valence electrons. The zero-order valence-corrected chi connectivity index (χ0v) is 10.8. The van der Waals surface area contributed by atoms with Crippen LogP contribution in [0.3, 0.4) is 0 Å². The average Bonchev–Trinajstić information content (AvgIpc) is 3.17. The third kappa shape index (κ3) is 3.01. The van der Waals surface area contributed by atoms with Crippen LogP contribution in [-0.2, 0) is 16.1 Å². The SMILES string of the molecule is COc1cc(COC(=O)[C@H]2C[C@@H]2[N+](=O)[O-])ccc1C. The Hall–Kier alpha value is -2.11. The van der Waals surface area contributed by atoms with Crippen molar-refractivity contribution in [2.75, 3.05) is 7.11 Å². The fourth-order valence-corrected chi connectivity index (χ4v) is 1.88. The topological polar surface area (TPSA) is 78.7 Å². The van der Waals surface area contributed by atoms with E-state index in [1.165, 1.54) is 0 Å². The van der Waals surface area contributed by atoms with Gasteiger partial charge < -0.3 is 9.47 Å². The standard InChI is InChI=1S/C13H15NO5/c1-8-3-4-9(5-12(8)18-2)7-19-13(15)10-6-11(10)14(16)17/h3-5,10-11H,6-7H2,1-2H3/t10-,11-/m0/s1. The van der Waals surface area contributed by atoms with E-state index in [2.05, 4.69) is 0 Å². The molecule has 1 aromatic carbocycles. The first-order valence-electron chi connectivity index (χ1n) is 5.96. The van der Waals surface area contributed by atoms with Gasteiger partial charge in [-0.2, -0.15) is 0 Å². The number of ether oxygens (including phenoxy) is 2. The summed E-state index contributed by atoms with van der Waals surface area (Å²) in [6.07, 6.45) is 0.281. The van der Waals surface area contributed by atoms with Crippen molar-refractivity contribution in [1.29, 1.82) is 0 Å². The van der Waals surface area contributed by atoms with E-state index in [0.717, 1.165) is 16.9 Å². The van der Waals surface area contributed by atoms with Crippen molar-refractivity contribution in [3.63, 3.8) is 0 Å². The molecular weight excluding hydrogens is 250 g/mol. The van der Waals surface area contributed by atoms with Gasteiger partial charge in [0, 0.05) is 11.3 Å². The average molecular weight is 265 g/mol. The summed E-state index contributed by atoms with van der Waals surface area (Å²) in [5.74, 6) is -0.355. The molecule has 0 aromatic heterocycles. The van der Waals surface area contributed by atoms with Crippen molar-refractivity contribution in [3.8, 4) is 5.75 Å². The van der Waals surface area contributed by atoms with Crippen molar-refractivity contribution >= 4 is 5.97 Å². The van der Waals surface area contributed by atoms with Crippen molar-refractivity contribution < 1.29 is 19.2 Å². The lowest BCUT2D eigenvalue weighted by atomic mass is 10.1. The van der Waals surface area contributed by atoms with E-state index in [-0.39, 0.29) is 13.0 Å². The Bertz CT molecular complexity index is 514. The van der Waals surface area contributed by atoms with Gasteiger partial charge in [-0.1, -0.05) is 12.1 Å². The molecule has 0 amide bonds. The van der Waals surface area contributed by atoms with Crippen LogP contribution in [-0.4, -0.2) is 24.0 Å². The normalized spacial score (nSPS) is 20.7. The van der Waals surface area contributed by atoms with Gasteiger partial charge in [0.05, 0.1) is 7.11 Å². The van der Waals surface area contributed by atoms with E-state index < -0.39 is 22.9 Å². The monoisotopic (exact) mass is 265 g/mol. The summed E-state index contributed by atoms with van der Waals surface area (Å²) in [7, 11) is 1.57. The molecule has 1 fully saturated rings. The second-order valence-electron chi connectivity index (χ2n) is 4.61. The Morgan fingerprint density at radius 2 is 2.26 bits per heavy atom. The van der Waals surface area contributed by atoms with Gasteiger partial charge >= 0.3 is 5.97 Å². The Balaban J connectivity index is 1.89. The van der Waals surface area contributed by atoms with Crippen LogP contribution in [0.25, 0.3) is 0 Å². The zero-order chi connectivity index (χ0) is 14.0. The van der Waals surface area contributed by atoms with Crippen LogP contribution in [0.15, 0.2) is 18.2 Å². The number of methoxy groups -OCH3 is 1. The molecule has 0 N–H and O–H groups in total. The predicted octanol–water partition coefficient (Wildman–Crippen LogP) is 1.71. The molecule has 1 aliphatic rings. The third-order valence-corrected chi connectivity index (χ3v) is 3.18. The Morgan fingerprint density at radius 1 is 1.53 bits per heavy atom. The minimum absolute atomic E-state index is 0.108. The van der Waals surface area contributed by atoms with Crippen LogP contribution in [0, 0.1) is 23.0 Å². The van der Waals surface area contributed by atoms with Gasteiger partial charge in [0.2, 0.25) is 6.04 Å². The fraction of sp³-hybridized carbons (Fsp3) is 0.462. The summed E-state index contributed by atoms with van der Waals surface area (Å²) in [5.41, 5.74) is 1.79. The maximum Gasteiger partial charge on any atom is 0.316 e. The third-order valence-electron chi connectivity index (χ3n) is 3.18. The Kier molecular flexibility index (Phi) is 3.69. The van der Waals surface area contributed by atoms with E-state index in [1.807, 2.05) is 19.1 Å². The van der Waals surface area contributed by atoms with E-state index in [1.54, 1.807) is 13.2 Å². The number of hydrogen-bond donors (Lipinski definition) is 0. The number of carbonyl (C=O) groups is 1. The van der Waals surface area contributed by atoms with Crippen LogP contribution in [0.4, 0.5) is 0 Å². The maximum absolute atomic E-state index is 11.6. The molecule has 6 heteroatoms. The van der Waals surface area contributed by atoms with E-state index in [0.29, 0.717) is 0 Å². The van der Waals surface area contributed by atoms with Gasteiger partial charge in [-0.3, -0.25) is 14.9 Å². The van der Waals surface area contributed by atoms with Gasteiger partial charge in [0.15, 0.2) is 0 Å². The lowest BCUT2D eigenvalue weighted by molar-refractivity contribution is -0.497. The number of nitro groups is 1. The van der Waals surface area contributed by atoms with Crippen molar-refractivity contribution in [2.45, 2.75) is 26.0 Å². The first kappa shape index (κ1) is 13.3. The highest BCUT2D eigenvalue weighted by atomic mass is 16.6. The minimum atomic E-state index is -0.764. The van der Waals surface area contributed by atoms with Crippen LogP contribution in [0.2, 0.25) is 0 Å². The number of aryl methyl sites for hydroxylation is 1. The summed E-state index contributed by atoms with van der Waals surface area (Å²) in [4.78, 5) is 21.6. The molecular formula is C13H15NO5. The highest BCUT2D eigenvalue weighted by Gasteiger charge is 2.54. The van der Waals surface area contributed by atoms with Crippen molar-refractivity contribution in [2.24, 2.45) is 5.92 Å². The fourth-order valence-electron chi connectivity index (χ4n) is 1.88. The van der Waals surface area contributed by atoms with E-state index >= 15 is 0 Å². The largest absolute Gasteiger partial charge is 0.496 e. The van der Waals surface area contributed by atoms with Gasteiger partial charge in [-0.25, -0.2) is 0 Å². The number of nitrogens with zero attached hydrogens (tertiary/aromatic N) is 1. The molecule has 0 aliphatic heterocycles. The van der Waals surface area contributed by atoms with Gasteiger partial charge in [-0.15, -0.1) is 0 Å². The van der Waals surface area contributed by atoms with E-state index in [9.17, 15) is 14.9 Å². The molecule has 0 unspecified atom stereocenters. The molecule has 6 nitrogen and oxygen atoms in total.